The Balaban J connectivity index is 1.56. The summed E-state index contributed by atoms with van der Waals surface area (Å²) in [6.45, 7) is 9.35. The number of hydrogen-bond acceptors (Lipinski definition) is 4. The first-order chi connectivity index (χ1) is 9.88. The maximum absolute atomic E-state index is 5.73. The first-order valence-electron chi connectivity index (χ1n) is 8.65. The molecule has 0 amide bonds. The molecule has 118 valence electrons. The quantitative estimate of drug-likeness (QED) is 0.688. The summed E-state index contributed by atoms with van der Waals surface area (Å²) >= 11 is 0. The molecule has 0 radical (unpaired) electrons. The summed E-state index contributed by atoms with van der Waals surface area (Å²) < 4.78 is 5.73. The molecule has 0 aromatic heterocycles. The zero-order valence-corrected chi connectivity index (χ0v) is 13.1. The topological polar surface area (TPSA) is 41.7 Å². The fourth-order valence-electron chi connectivity index (χ4n) is 3.33. The highest BCUT2D eigenvalue weighted by molar-refractivity contribution is 4.72. The largest absolute Gasteiger partial charge is 0.378 e. The van der Waals surface area contributed by atoms with Crippen LogP contribution in [0.4, 0.5) is 0 Å². The van der Waals surface area contributed by atoms with E-state index in [0.29, 0.717) is 6.10 Å². The Bertz CT molecular complexity index is 244. The van der Waals surface area contributed by atoms with E-state index in [1.54, 1.807) is 0 Å². The van der Waals surface area contributed by atoms with Gasteiger partial charge in [0.1, 0.15) is 0 Å². The van der Waals surface area contributed by atoms with Crippen LogP contribution < -0.4 is 5.73 Å². The van der Waals surface area contributed by atoms with Crippen LogP contribution in [0.3, 0.4) is 0 Å². The molecular formula is C16H33N3O. The minimum Gasteiger partial charge on any atom is -0.378 e. The molecule has 1 atom stereocenters. The SMILES string of the molecule is NCCCCCN1CCCN(CCC2CCCO2)CC1. The van der Waals surface area contributed by atoms with Crippen molar-refractivity contribution in [2.75, 3.05) is 52.4 Å². The summed E-state index contributed by atoms with van der Waals surface area (Å²) in [5, 5.41) is 0. The lowest BCUT2D eigenvalue weighted by molar-refractivity contribution is 0.0924. The molecule has 4 nitrogen and oxygen atoms in total. The minimum atomic E-state index is 0.547. The molecule has 0 bridgehead atoms. The van der Waals surface area contributed by atoms with Crippen LogP contribution in [0.25, 0.3) is 0 Å². The summed E-state index contributed by atoms with van der Waals surface area (Å²) in [5.41, 5.74) is 5.55. The predicted molar refractivity (Wildman–Crippen MR) is 84.0 cm³/mol. The Morgan fingerprint density at radius 3 is 2.40 bits per heavy atom. The van der Waals surface area contributed by atoms with Gasteiger partial charge in [-0.3, -0.25) is 0 Å². The van der Waals surface area contributed by atoms with Gasteiger partial charge in [0.25, 0.3) is 0 Å². The molecule has 2 rings (SSSR count). The van der Waals surface area contributed by atoms with Crippen molar-refractivity contribution >= 4 is 0 Å². The summed E-state index contributed by atoms with van der Waals surface area (Å²) in [5.74, 6) is 0. The number of nitrogens with zero attached hydrogens (tertiary/aromatic N) is 2. The molecule has 2 N–H and O–H groups in total. The summed E-state index contributed by atoms with van der Waals surface area (Å²) in [7, 11) is 0. The Labute approximate surface area is 124 Å². The van der Waals surface area contributed by atoms with Crippen LogP contribution in [0.15, 0.2) is 0 Å². The van der Waals surface area contributed by atoms with Crippen LogP contribution in [0, 0.1) is 0 Å². The second kappa shape index (κ2) is 9.72. The number of hydrogen-bond donors (Lipinski definition) is 1. The minimum absolute atomic E-state index is 0.547. The fourth-order valence-corrected chi connectivity index (χ4v) is 3.33. The van der Waals surface area contributed by atoms with Crippen LogP contribution in [-0.4, -0.2) is 68.3 Å². The van der Waals surface area contributed by atoms with Crippen LogP contribution in [-0.2, 0) is 4.74 Å². The summed E-state index contributed by atoms with van der Waals surface area (Å²) in [6.07, 6.45) is 9.43. The third-order valence-corrected chi connectivity index (χ3v) is 4.65. The molecule has 4 heteroatoms. The maximum Gasteiger partial charge on any atom is 0.0588 e. The second-order valence-electron chi connectivity index (χ2n) is 6.31. The van der Waals surface area contributed by atoms with Crippen molar-refractivity contribution in [2.24, 2.45) is 5.73 Å². The molecule has 0 aliphatic carbocycles. The molecule has 2 fully saturated rings. The van der Waals surface area contributed by atoms with E-state index in [2.05, 4.69) is 9.80 Å². The van der Waals surface area contributed by atoms with Crippen LogP contribution in [0.1, 0.15) is 44.9 Å². The standard InChI is InChI=1S/C16H33N3O/c17-8-2-1-3-9-18-10-5-11-19(14-13-18)12-7-16-6-4-15-20-16/h16H,1-15,17H2. The smallest absolute Gasteiger partial charge is 0.0588 e. The van der Waals surface area contributed by atoms with E-state index in [9.17, 15) is 0 Å². The molecule has 20 heavy (non-hydrogen) atoms. The van der Waals surface area contributed by atoms with E-state index in [1.165, 1.54) is 84.2 Å². The Morgan fingerprint density at radius 2 is 1.70 bits per heavy atom. The highest BCUT2D eigenvalue weighted by Gasteiger charge is 2.18. The molecule has 2 aliphatic rings. The number of unbranched alkanes of at least 4 members (excludes halogenated alkanes) is 2. The van der Waals surface area contributed by atoms with E-state index in [0.717, 1.165) is 13.2 Å². The summed E-state index contributed by atoms with van der Waals surface area (Å²) in [6, 6.07) is 0. The lowest BCUT2D eigenvalue weighted by Gasteiger charge is -2.22. The van der Waals surface area contributed by atoms with Crippen molar-refractivity contribution in [1.82, 2.24) is 9.80 Å². The lowest BCUT2D eigenvalue weighted by Crippen LogP contribution is -2.33. The van der Waals surface area contributed by atoms with Gasteiger partial charge in [0.2, 0.25) is 0 Å². The Kier molecular flexibility index (Phi) is 7.88. The van der Waals surface area contributed by atoms with Gasteiger partial charge in [-0.15, -0.1) is 0 Å². The van der Waals surface area contributed by atoms with Gasteiger partial charge in [-0.05, 0) is 64.7 Å². The molecule has 1 unspecified atom stereocenters. The monoisotopic (exact) mass is 283 g/mol. The highest BCUT2D eigenvalue weighted by atomic mass is 16.5. The van der Waals surface area contributed by atoms with E-state index in [-0.39, 0.29) is 0 Å². The van der Waals surface area contributed by atoms with Crippen LogP contribution in [0.2, 0.25) is 0 Å². The van der Waals surface area contributed by atoms with Crippen molar-refractivity contribution in [1.29, 1.82) is 0 Å². The van der Waals surface area contributed by atoms with Gasteiger partial charge in [0, 0.05) is 26.2 Å². The van der Waals surface area contributed by atoms with Crippen molar-refractivity contribution in [3.05, 3.63) is 0 Å². The highest BCUT2D eigenvalue weighted by Crippen LogP contribution is 2.16. The number of rotatable bonds is 8. The molecule has 2 aliphatic heterocycles. The number of nitrogens with two attached hydrogens (primary N) is 1. The third-order valence-electron chi connectivity index (χ3n) is 4.65. The van der Waals surface area contributed by atoms with E-state index in [4.69, 9.17) is 10.5 Å². The molecular weight excluding hydrogens is 250 g/mol. The van der Waals surface area contributed by atoms with Crippen LogP contribution >= 0.6 is 0 Å². The fraction of sp³-hybridized carbons (Fsp3) is 1.00. The molecule has 0 aromatic carbocycles. The number of ether oxygens (including phenoxy) is 1. The average Bonchev–Trinajstić information content (AvgIpc) is 2.88. The molecule has 0 spiro atoms. The van der Waals surface area contributed by atoms with Crippen molar-refractivity contribution in [3.63, 3.8) is 0 Å². The van der Waals surface area contributed by atoms with E-state index < -0.39 is 0 Å². The normalized spacial score (nSPS) is 25.9. The van der Waals surface area contributed by atoms with Gasteiger partial charge in [-0.25, -0.2) is 0 Å². The maximum atomic E-state index is 5.73. The van der Waals surface area contributed by atoms with Crippen molar-refractivity contribution in [2.45, 2.75) is 51.0 Å². The first kappa shape index (κ1) is 16.2. The molecule has 0 saturated carbocycles. The molecule has 0 aromatic rings. The van der Waals surface area contributed by atoms with E-state index in [1.807, 2.05) is 0 Å². The second-order valence-corrected chi connectivity index (χ2v) is 6.31. The van der Waals surface area contributed by atoms with Gasteiger partial charge in [-0.2, -0.15) is 0 Å². The Morgan fingerprint density at radius 1 is 0.900 bits per heavy atom. The van der Waals surface area contributed by atoms with Gasteiger partial charge < -0.3 is 20.3 Å². The predicted octanol–water partition coefficient (Wildman–Crippen LogP) is 1.69. The zero-order chi connectivity index (χ0) is 14.0. The lowest BCUT2D eigenvalue weighted by atomic mass is 10.2. The van der Waals surface area contributed by atoms with Gasteiger partial charge in [-0.1, -0.05) is 6.42 Å². The first-order valence-corrected chi connectivity index (χ1v) is 8.65. The van der Waals surface area contributed by atoms with Gasteiger partial charge >= 0.3 is 0 Å². The zero-order valence-electron chi connectivity index (χ0n) is 13.1. The van der Waals surface area contributed by atoms with Crippen molar-refractivity contribution < 1.29 is 4.74 Å². The van der Waals surface area contributed by atoms with E-state index >= 15 is 0 Å². The molecule has 2 saturated heterocycles. The summed E-state index contributed by atoms with van der Waals surface area (Å²) in [4.78, 5) is 5.28. The van der Waals surface area contributed by atoms with Crippen molar-refractivity contribution in [3.8, 4) is 0 Å². The van der Waals surface area contributed by atoms with Crippen LogP contribution in [0.5, 0.6) is 0 Å². The van der Waals surface area contributed by atoms with Gasteiger partial charge in [0.15, 0.2) is 0 Å². The van der Waals surface area contributed by atoms with Gasteiger partial charge in [0.05, 0.1) is 6.10 Å². The Hall–Kier alpha value is -0.160. The molecule has 2 heterocycles. The third kappa shape index (κ3) is 6.08. The average molecular weight is 283 g/mol.